The Morgan fingerprint density at radius 2 is 2.08 bits per heavy atom. The van der Waals surface area contributed by atoms with Crippen LogP contribution in [0.1, 0.15) is 17.7 Å². The molecule has 0 atom stereocenters. The van der Waals surface area contributed by atoms with Gasteiger partial charge < -0.3 is 0 Å². The van der Waals surface area contributed by atoms with Crippen molar-refractivity contribution in [3.05, 3.63) is 27.7 Å². The van der Waals surface area contributed by atoms with Crippen molar-refractivity contribution in [3.8, 4) is 0 Å². The van der Waals surface area contributed by atoms with Gasteiger partial charge in [0.25, 0.3) is 6.43 Å². The van der Waals surface area contributed by atoms with Crippen molar-refractivity contribution in [2.45, 2.75) is 11.8 Å². The molecular formula is C7H4Br2F3N. The largest absolute Gasteiger partial charge is 0.280 e. The van der Waals surface area contributed by atoms with Crippen LogP contribution >= 0.6 is 31.9 Å². The number of halogens is 5. The Labute approximate surface area is 89.6 Å². The topological polar surface area (TPSA) is 12.9 Å². The van der Waals surface area contributed by atoms with E-state index in [0.29, 0.717) is 10.9 Å². The summed E-state index contributed by atoms with van der Waals surface area (Å²) in [7, 11) is 0. The second-order valence-corrected chi connectivity index (χ2v) is 3.60. The van der Waals surface area contributed by atoms with Gasteiger partial charge in [0, 0.05) is 5.33 Å². The van der Waals surface area contributed by atoms with Gasteiger partial charge in [-0.2, -0.15) is 4.39 Å². The van der Waals surface area contributed by atoms with Gasteiger partial charge in [0.1, 0.15) is 5.69 Å². The summed E-state index contributed by atoms with van der Waals surface area (Å²) in [4.78, 5) is 3.10. The second kappa shape index (κ2) is 4.41. The third-order valence-corrected chi connectivity index (χ3v) is 2.82. The van der Waals surface area contributed by atoms with Crippen molar-refractivity contribution in [2.24, 2.45) is 0 Å². The first-order chi connectivity index (χ1) is 6.06. The van der Waals surface area contributed by atoms with E-state index in [1.807, 2.05) is 0 Å². The number of pyridine rings is 1. The van der Waals surface area contributed by atoms with E-state index in [4.69, 9.17) is 0 Å². The summed E-state index contributed by atoms with van der Waals surface area (Å²) in [5, 5.41) is 0.298. The van der Waals surface area contributed by atoms with E-state index < -0.39 is 18.1 Å². The maximum absolute atomic E-state index is 12.9. The molecule has 0 fully saturated rings. The summed E-state index contributed by atoms with van der Waals surface area (Å²) in [6.07, 6.45) is -2.75. The van der Waals surface area contributed by atoms with Gasteiger partial charge in [0.15, 0.2) is 0 Å². The van der Waals surface area contributed by atoms with E-state index in [2.05, 4.69) is 36.8 Å². The molecule has 13 heavy (non-hydrogen) atoms. The zero-order valence-corrected chi connectivity index (χ0v) is 9.37. The molecule has 0 aliphatic carbocycles. The second-order valence-electron chi connectivity index (χ2n) is 2.25. The Kier molecular flexibility index (Phi) is 3.73. The maximum atomic E-state index is 12.9. The molecular weight excluding hydrogens is 315 g/mol. The first-order valence-corrected chi connectivity index (χ1v) is 5.16. The normalized spacial score (nSPS) is 10.9. The SMILES string of the molecule is Fc1nc(C(F)F)cc(CBr)c1Br. The number of hydrogen-bond acceptors (Lipinski definition) is 1. The first-order valence-electron chi connectivity index (χ1n) is 3.25. The van der Waals surface area contributed by atoms with Crippen LogP contribution in [-0.2, 0) is 5.33 Å². The van der Waals surface area contributed by atoms with E-state index in [1.165, 1.54) is 0 Å². The van der Waals surface area contributed by atoms with E-state index in [-0.39, 0.29) is 4.47 Å². The Morgan fingerprint density at radius 1 is 1.46 bits per heavy atom. The quantitative estimate of drug-likeness (QED) is 0.597. The highest BCUT2D eigenvalue weighted by molar-refractivity contribution is 9.10. The molecule has 0 saturated carbocycles. The molecule has 0 amide bonds. The van der Waals surface area contributed by atoms with Gasteiger partial charge >= 0.3 is 0 Å². The number of nitrogens with zero attached hydrogens (tertiary/aromatic N) is 1. The molecule has 1 heterocycles. The third kappa shape index (κ3) is 2.43. The van der Waals surface area contributed by atoms with Crippen molar-refractivity contribution in [1.82, 2.24) is 4.98 Å². The van der Waals surface area contributed by atoms with E-state index in [1.54, 1.807) is 0 Å². The van der Waals surface area contributed by atoms with Crippen LogP contribution in [0.2, 0.25) is 0 Å². The molecule has 0 bridgehead atoms. The summed E-state index contributed by atoms with van der Waals surface area (Å²) >= 11 is 5.97. The molecule has 0 aliphatic heterocycles. The van der Waals surface area contributed by atoms with Gasteiger partial charge in [-0.25, -0.2) is 13.8 Å². The number of aromatic nitrogens is 1. The van der Waals surface area contributed by atoms with Crippen LogP contribution in [0, 0.1) is 5.95 Å². The first kappa shape index (κ1) is 11.0. The van der Waals surface area contributed by atoms with Gasteiger partial charge in [-0.05, 0) is 27.6 Å². The van der Waals surface area contributed by atoms with Gasteiger partial charge in [0.05, 0.1) is 4.47 Å². The molecule has 0 aromatic carbocycles. The predicted octanol–water partition coefficient (Wildman–Crippen LogP) is 3.82. The van der Waals surface area contributed by atoms with Gasteiger partial charge in [-0.3, -0.25) is 0 Å². The van der Waals surface area contributed by atoms with Crippen molar-refractivity contribution < 1.29 is 13.2 Å². The minimum Gasteiger partial charge on any atom is -0.218 e. The molecule has 72 valence electrons. The Bertz CT molecular complexity index is 317. The van der Waals surface area contributed by atoms with Crippen molar-refractivity contribution >= 4 is 31.9 Å². The fraction of sp³-hybridized carbons (Fsp3) is 0.286. The van der Waals surface area contributed by atoms with E-state index >= 15 is 0 Å². The predicted molar refractivity (Wildman–Crippen MR) is 49.5 cm³/mol. The summed E-state index contributed by atoms with van der Waals surface area (Å²) in [6.45, 7) is 0. The van der Waals surface area contributed by atoms with E-state index in [9.17, 15) is 13.2 Å². The average molecular weight is 319 g/mol. The van der Waals surface area contributed by atoms with Crippen LogP contribution in [0.5, 0.6) is 0 Å². The minimum atomic E-state index is -2.75. The zero-order chi connectivity index (χ0) is 10.0. The molecule has 0 aliphatic rings. The lowest BCUT2D eigenvalue weighted by Gasteiger charge is -2.04. The number of alkyl halides is 3. The van der Waals surface area contributed by atoms with Gasteiger partial charge in [0.2, 0.25) is 5.95 Å². The van der Waals surface area contributed by atoms with Crippen LogP contribution in [-0.4, -0.2) is 4.98 Å². The van der Waals surface area contributed by atoms with Crippen molar-refractivity contribution in [3.63, 3.8) is 0 Å². The fourth-order valence-electron chi connectivity index (χ4n) is 0.778. The van der Waals surface area contributed by atoms with Crippen LogP contribution in [0.4, 0.5) is 13.2 Å². The van der Waals surface area contributed by atoms with Crippen LogP contribution < -0.4 is 0 Å². The molecule has 0 saturated heterocycles. The molecule has 1 aromatic heterocycles. The highest BCUT2D eigenvalue weighted by Gasteiger charge is 2.15. The highest BCUT2D eigenvalue weighted by Crippen LogP contribution is 2.26. The molecule has 0 N–H and O–H groups in total. The minimum absolute atomic E-state index is 0.119. The molecule has 0 spiro atoms. The smallest absolute Gasteiger partial charge is 0.218 e. The summed E-state index contributed by atoms with van der Waals surface area (Å²) in [6, 6.07) is 1.16. The molecule has 1 rings (SSSR count). The van der Waals surface area contributed by atoms with Crippen LogP contribution in [0.3, 0.4) is 0 Å². The molecule has 1 aromatic rings. The lowest BCUT2D eigenvalue weighted by atomic mass is 10.2. The maximum Gasteiger partial charge on any atom is 0.280 e. The lowest BCUT2D eigenvalue weighted by Crippen LogP contribution is -1.98. The Balaban J connectivity index is 3.22. The Morgan fingerprint density at radius 3 is 2.54 bits per heavy atom. The zero-order valence-electron chi connectivity index (χ0n) is 6.20. The number of hydrogen-bond donors (Lipinski definition) is 0. The van der Waals surface area contributed by atoms with Crippen molar-refractivity contribution in [2.75, 3.05) is 0 Å². The lowest BCUT2D eigenvalue weighted by molar-refractivity contribution is 0.144. The summed E-state index contributed by atoms with van der Waals surface area (Å²) < 4.78 is 37.3. The molecule has 0 unspecified atom stereocenters. The van der Waals surface area contributed by atoms with Gasteiger partial charge in [-0.15, -0.1) is 0 Å². The Hall–Kier alpha value is -0.100. The summed E-state index contributed by atoms with van der Waals surface area (Å²) in [5.74, 6) is -0.910. The molecule has 1 nitrogen and oxygen atoms in total. The fourth-order valence-corrected chi connectivity index (χ4v) is 1.94. The molecule has 0 radical (unpaired) electrons. The summed E-state index contributed by atoms with van der Waals surface area (Å²) in [5.41, 5.74) is -0.127. The van der Waals surface area contributed by atoms with Crippen LogP contribution in [0.25, 0.3) is 0 Å². The van der Waals surface area contributed by atoms with Gasteiger partial charge in [-0.1, -0.05) is 15.9 Å². The van der Waals surface area contributed by atoms with Crippen molar-refractivity contribution in [1.29, 1.82) is 0 Å². The van der Waals surface area contributed by atoms with Crippen LogP contribution in [0.15, 0.2) is 10.5 Å². The highest BCUT2D eigenvalue weighted by atomic mass is 79.9. The standard InChI is InChI=1S/C7H4Br2F3N/c8-2-3-1-4(6(10)11)13-7(12)5(3)9/h1,6H,2H2. The monoisotopic (exact) mass is 317 g/mol. The van der Waals surface area contributed by atoms with E-state index in [0.717, 1.165) is 6.07 Å². The number of rotatable bonds is 2. The third-order valence-electron chi connectivity index (χ3n) is 1.38. The average Bonchev–Trinajstić information content (AvgIpc) is 2.09. The molecule has 6 heteroatoms.